The highest BCUT2D eigenvalue weighted by atomic mass is 35.5. The Morgan fingerprint density at radius 3 is 2.57 bits per heavy atom. The van der Waals surface area contributed by atoms with E-state index in [0.717, 1.165) is 5.56 Å². The first-order valence-corrected chi connectivity index (χ1v) is 5.21. The van der Waals surface area contributed by atoms with Crippen LogP contribution in [-0.2, 0) is 4.74 Å². The summed E-state index contributed by atoms with van der Waals surface area (Å²) in [6, 6.07) is 5.42. The topological polar surface area (TPSA) is 35.2 Å². The van der Waals surface area contributed by atoms with E-state index in [1.807, 2.05) is 13.0 Å². The number of hydrogen-bond donors (Lipinski definition) is 1. The van der Waals surface area contributed by atoms with Gasteiger partial charge in [-0.15, -0.1) is 0 Å². The Labute approximate surface area is 94.0 Å². The summed E-state index contributed by atoms with van der Waals surface area (Å²) < 4.78 is 5.45. The van der Waals surface area contributed by atoms with E-state index in [-0.39, 0.29) is 6.10 Å². The highest BCUT2D eigenvalue weighted by molar-refractivity contribution is 6.42. The highest BCUT2D eigenvalue weighted by Gasteiger charge is 2.10. The lowest BCUT2D eigenvalue weighted by atomic mass is 10.1. The summed E-state index contributed by atoms with van der Waals surface area (Å²) in [6.45, 7) is 2.99. The lowest BCUT2D eigenvalue weighted by Gasteiger charge is -2.15. The predicted octanol–water partition coefficient (Wildman–Crippen LogP) is 3.03. The maximum absolute atomic E-state index is 5.89. The van der Waals surface area contributed by atoms with Gasteiger partial charge in [0.25, 0.3) is 0 Å². The minimum Gasteiger partial charge on any atom is -0.372 e. The van der Waals surface area contributed by atoms with Crippen molar-refractivity contribution in [2.75, 3.05) is 13.2 Å². The standard InChI is InChI=1S/C10H13Cl2NO/c1-2-14-10(6-13)7-3-4-8(11)9(12)5-7/h3-5,10H,2,6,13H2,1H3/t10-/m1/s1. The zero-order chi connectivity index (χ0) is 10.6. The first-order valence-electron chi connectivity index (χ1n) is 4.45. The minimum absolute atomic E-state index is 0.102. The quantitative estimate of drug-likeness (QED) is 0.868. The summed E-state index contributed by atoms with van der Waals surface area (Å²) in [6.07, 6.45) is -0.102. The van der Waals surface area contributed by atoms with E-state index < -0.39 is 0 Å². The van der Waals surface area contributed by atoms with E-state index in [2.05, 4.69) is 0 Å². The molecule has 0 aromatic heterocycles. The van der Waals surface area contributed by atoms with Crippen LogP contribution in [-0.4, -0.2) is 13.2 Å². The zero-order valence-electron chi connectivity index (χ0n) is 7.97. The van der Waals surface area contributed by atoms with E-state index in [9.17, 15) is 0 Å². The molecule has 4 heteroatoms. The minimum atomic E-state index is -0.102. The molecule has 78 valence electrons. The number of nitrogens with two attached hydrogens (primary N) is 1. The van der Waals surface area contributed by atoms with Crippen LogP contribution in [0.3, 0.4) is 0 Å². The van der Waals surface area contributed by atoms with Crippen LogP contribution in [0.2, 0.25) is 10.0 Å². The third-order valence-electron chi connectivity index (χ3n) is 1.90. The van der Waals surface area contributed by atoms with Crippen molar-refractivity contribution in [3.63, 3.8) is 0 Å². The Morgan fingerprint density at radius 2 is 2.07 bits per heavy atom. The number of hydrogen-bond acceptors (Lipinski definition) is 2. The summed E-state index contributed by atoms with van der Waals surface area (Å²) in [4.78, 5) is 0. The SMILES string of the molecule is CCO[C@H](CN)c1ccc(Cl)c(Cl)c1. The van der Waals surface area contributed by atoms with Crippen molar-refractivity contribution < 1.29 is 4.74 Å². The number of halogens is 2. The van der Waals surface area contributed by atoms with Gasteiger partial charge in [0.05, 0.1) is 16.1 Å². The molecule has 0 unspecified atom stereocenters. The van der Waals surface area contributed by atoms with Gasteiger partial charge in [-0.1, -0.05) is 29.3 Å². The van der Waals surface area contributed by atoms with Gasteiger partial charge in [0.15, 0.2) is 0 Å². The monoisotopic (exact) mass is 233 g/mol. The Bertz CT molecular complexity index is 304. The van der Waals surface area contributed by atoms with Crippen LogP contribution >= 0.6 is 23.2 Å². The molecule has 0 heterocycles. The van der Waals surface area contributed by atoms with Gasteiger partial charge in [0.2, 0.25) is 0 Å². The normalized spacial score (nSPS) is 12.9. The molecule has 0 aliphatic carbocycles. The van der Waals surface area contributed by atoms with Crippen LogP contribution in [0.1, 0.15) is 18.6 Å². The third kappa shape index (κ3) is 2.85. The van der Waals surface area contributed by atoms with Crippen LogP contribution < -0.4 is 5.73 Å². The van der Waals surface area contributed by atoms with Gasteiger partial charge in [-0.05, 0) is 24.6 Å². The fourth-order valence-corrected chi connectivity index (χ4v) is 1.52. The Kier molecular flexibility index (Phi) is 4.69. The molecule has 0 aliphatic rings. The third-order valence-corrected chi connectivity index (χ3v) is 2.64. The van der Waals surface area contributed by atoms with Gasteiger partial charge in [0, 0.05) is 13.2 Å². The molecule has 0 fully saturated rings. The van der Waals surface area contributed by atoms with E-state index in [1.54, 1.807) is 12.1 Å². The molecule has 1 atom stereocenters. The molecule has 14 heavy (non-hydrogen) atoms. The van der Waals surface area contributed by atoms with Gasteiger partial charge in [-0.25, -0.2) is 0 Å². The van der Waals surface area contributed by atoms with Crippen molar-refractivity contribution in [2.45, 2.75) is 13.0 Å². The molecule has 0 saturated heterocycles. The summed E-state index contributed by atoms with van der Waals surface area (Å²) in [5, 5.41) is 1.07. The Hall–Kier alpha value is -0.280. The van der Waals surface area contributed by atoms with Crippen LogP contribution in [0.25, 0.3) is 0 Å². The van der Waals surface area contributed by atoms with Crippen LogP contribution in [0.5, 0.6) is 0 Å². The molecule has 2 nitrogen and oxygen atoms in total. The van der Waals surface area contributed by atoms with E-state index in [0.29, 0.717) is 23.2 Å². The van der Waals surface area contributed by atoms with Crippen molar-refractivity contribution in [3.05, 3.63) is 33.8 Å². The molecule has 1 rings (SSSR count). The molecule has 0 spiro atoms. The second kappa shape index (κ2) is 5.56. The lowest BCUT2D eigenvalue weighted by Crippen LogP contribution is -2.15. The maximum Gasteiger partial charge on any atom is 0.0947 e. The number of benzene rings is 1. The van der Waals surface area contributed by atoms with Gasteiger partial charge >= 0.3 is 0 Å². The first kappa shape index (κ1) is 11.8. The Morgan fingerprint density at radius 1 is 1.36 bits per heavy atom. The van der Waals surface area contributed by atoms with Gasteiger partial charge in [-0.3, -0.25) is 0 Å². The molecule has 0 bridgehead atoms. The summed E-state index contributed by atoms with van der Waals surface area (Å²) in [5.74, 6) is 0. The van der Waals surface area contributed by atoms with Crippen LogP contribution in [0.4, 0.5) is 0 Å². The summed E-state index contributed by atoms with van der Waals surface area (Å²) in [5.41, 5.74) is 6.54. The molecular formula is C10H13Cl2NO. The van der Waals surface area contributed by atoms with E-state index >= 15 is 0 Å². The molecular weight excluding hydrogens is 221 g/mol. The van der Waals surface area contributed by atoms with Crippen LogP contribution in [0, 0.1) is 0 Å². The molecule has 0 aliphatic heterocycles. The van der Waals surface area contributed by atoms with Crippen molar-refractivity contribution in [3.8, 4) is 0 Å². The fourth-order valence-electron chi connectivity index (χ4n) is 1.21. The van der Waals surface area contributed by atoms with Crippen molar-refractivity contribution in [1.29, 1.82) is 0 Å². The Balaban J connectivity index is 2.88. The molecule has 0 amide bonds. The van der Waals surface area contributed by atoms with Gasteiger partial charge in [-0.2, -0.15) is 0 Å². The summed E-state index contributed by atoms with van der Waals surface area (Å²) in [7, 11) is 0. The number of rotatable bonds is 4. The smallest absolute Gasteiger partial charge is 0.0947 e. The zero-order valence-corrected chi connectivity index (χ0v) is 9.48. The second-order valence-corrected chi connectivity index (χ2v) is 3.67. The van der Waals surface area contributed by atoms with Crippen molar-refractivity contribution >= 4 is 23.2 Å². The molecule has 1 aromatic carbocycles. The van der Waals surface area contributed by atoms with E-state index in [4.69, 9.17) is 33.7 Å². The highest BCUT2D eigenvalue weighted by Crippen LogP contribution is 2.26. The predicted molar refractivity (Wildman–Crippen MR) is 59.9 cm³/mol. The second-order valence-electron chi connectivity index (χ2n) is 2.85. The molecule has 0 radical (unpaired) electrons. The fraction of sp³-hybridized carbons (Fsp3) is 0.400. The van der Waals surface area contributed by atoms with Gasteiger partial charge in [0.1, 0.15) is 0 Å². The van der Waals surface area contributed by atoms with Crippen molar-refractivity contribution in [1.82, 2.24) is 0 Å². The van der Waals surface area contributed by atoms with Gasteiger partial charge < -0.3 is 10.5 Å². The largest absolute Gasteiger partial charge is 0.372 e. The van der Waals surface area contributed by atoms with Crippen LogP contribution in [0.15, 0.2) is 18.2 Å². The molecule has 1 aromatic rings. The average Bonchev–Trinajstić information content (AvgIpc) is 2.19. The number of ether oxygens (including phenoxy) is 1. The lowest BCUT2D eigenvalue weighted by molar-refractivity contribution is 0.0688. The molecule has 0 saturated carbocycles. The van der Waals surface area contributed by atoms with E-state index in [1.165, 1.54) is 0 Å². The molecule has 2 N–H and O–H groups in total. The maximum atomic E-state index is 5.89. The summed E-state index contributed by atoms with van der Waals surface area (Å²) >= 11 is 11.7. The average molecular weight is 234 g/mol. The first-order chi connectivity index (χ1) is 6.69. The van der Waals surface area contributed by atoms with Crippen molar-refractivity contribution in [2.24, 2.45) is 5.73 Å².